The van der Waals surface area contributed by atoms with Gasteiger partial charge in [0, 0.05) is 31.8 Å². The number of hydrogen-bond acceptors (Lipinski definition) is 6. The first kappa shape index (κ1) is 22.3. The molecule has 0 radical (unpaired) electrons. The summed E-state index contributed by atoms with van der Waals surface area (Å²) in [5.41, 5.74) is 0.285. The molecule has 2 aromatic heterocycles. The van der Waals surface area contributed by atoms with Crippen LogP contribution >= 0.6 is 0 Å². The fourth-order valence-electron chi connectivity index (χ4n) is 3.01. The minimum Gasteiger partial charge on any atom is -0.494 e. The summed E-state index contributed by atoms with van der Waals surface area (Å²) in [6, 6.07) is 2.59. The lowest BCUT2D eigenvalue weighted by atomic mass is 10.3. The third-order valence-corrected chi connectivity index (χ3v) is 4.41. The van der Waals surface area contributed by atoms with Crippen LogP contribution in [0.2, 0.25) is 0 Å². The molecule has 0 aliphatic rings. The lowest BCUT2D eigenvalue weighted by Gasteiger charge is -2.30. The highest BCUT2D eigenvalue weighted by Crippen LogP contribution is 2.38. The van der Waals surface area contributed by atoms with Gasteiger partial charge in [0.1, 0.15) is 11.4 Å². The Morgan fingerprint density at radius 2 is 1.37 bits per heavy atom. The second kappa shape index (κ2) is 9.46. The van der Waals surface area contributed by atoms with Crippen LogP contribution in [0.15, 0.2) is 62.8 Å². The lowest BCUT2D eigenvalue weighted by Crippen LogP contribution is -2.41. The van der Waals surface area contributed by atoms with Crippen LogP contribution in [0.5, 0.6) is 23.5 Å². The number of nitrogens with zero attached hydrogens (tertiary/aromatic N) is 4. The minimum absolute atomic E-state index is 0.0440. The van der Waals surface area contributed by atoms with Crippen molar-refractivity contribution < 1.29 is 25.2 Å². The number of allylic oxidation sites excluding steroid dienone is 2. The molecule has 0 spiro atoms. The van der Waals surface area contributed by atoms with Crippen molar-refractivity contribution in [1.29, 1.82) is 0 Å². The lowest BCUT2D eigenvalue weighted by molar-refractivity contribution is -0.114. The minimum atomic E-state index is -0.552. The first-order valence-electron chi connectivity index (χ1n) is 9.05. The largest absolute Gasteiger partial charge is 0.494 e. The van der Waals surface area contributed by atoms with Crippen molar-refractivity contribution in [2.75, 3.05) is 23.0 Å². The molecule has 0 fully saturated rings. The Morgan fingerprint density at radius 3 is 1.83 bits per heavy atom. The van der Waals surface area contributed by atoms with Crippen molar-refractivity contribution in [1.82, 2.24) is 9.13 Å². The Hall–Kier alpha value is -4.01. The van der Waals surface area contributed by atoms with Gasteiger partial charge < -0.3 is 25.3 Å². The van der Waals surface area contributed by atoms with Crippen LogP contribution in [0.25, 0.3) is 0 Å². The van der Waals surface area contributed by atoms with E-state index in [9.17, 15) is 25.2 Å². The summed E-state index contributed by atoms with van der Waals surface area (Å²) in [6.07, 6.45) is 5.61. The van der Waals surface area contributed by atoms with Gasteiger partial charge in [0.25, 0.3) is 5.91 Å². The van der Waals surface area contributed by atoms with Gasteiger partial charge in [-0.25, -0.2) is 0 Å². The number of amides is 1. The molecule has 0 atom stereocenters. The van der Waals surface area contributed by atoms with Crippen LogP contribution in [0, 0.1) is 0 Å². The molecule has 4 N–H and O–H groups in total. The zero-order valence-electron chi connectivity index (χ0n) is 16.6. The highest BCUT2D eigenvalue weighted by molar-refractivity contribution is 6.02. The Labute approximate surface area is 174 Å². The molecule has 0 unspecified atom stereocenters. The average molecular weight is 414 g/mol. The van der Waals surface area contributed by atoms with Gasteiger partial charge in [0.05, 0.1) is 6.67 Å². The molecular weight excluding hydrogens is 388 g/mol. The molecule has 0 bridgehead atoms. The number of aromatic hydroxyl groups is 4. The molecule has 0 aliphatic heterocycles. The third kappa shape index (κ3) is 4.19. The molecule has 0 saturated heterocycles. The molecule has 2 heterocycles. The topological polar surface area (TPSA) is 114 Å². The van der Waals surface area contributed by atoms with E-state index in [0.29, 0.717) is 0 Å². The highest BCUT2D eigenvalue weighted by atomic mass is 16.3. The van der Waals surface area contributed by atoms with Gasteiger partial charge in [-0.1, -0.05) is 24.8 Å². The van der Waals surface area contributed by atoms with Gasteiger partial charge in [-0.3, -0.25) is 18.8 Å². The van der Waals surface area contributed by atoms with E-state index in [1.165, 1.54) is 38.3 Å². The molecule has 9 heteroatoms. The maximum Gasteiger partial charge on any atom is 0.252 e. The quantitative estimate of drug-likeness (QED) is 0.255. The molecule has 2 aromatic rings. The summed E-state index contributed by atoms with van der Waals surface area (Å²) in [4.78, 5) is 15.3. The van der Waals surface area contributed by atoms with Gasteiger partial charge in [-0.05, 0) is 6.08 Å². The number of anilines is 2. The maximum absolute atomic E-state index is 12.6. The summed E-state index contributed by atoms with van der Waals surface area (Å²) in [7, 11) is 0. The molecule has 9 nitrogen and oxygen atoms in total. The van der Waals surface area contributed by atoms with Gasteiger partial charge in [0.15, 0.2) is 11.8 Å². The molecule has 0 aliphatic carbocycles. The summed E-state index contributed by atoms with van der Waals surface area (Å²) in [5, 5.41) is 41.3. The molecule has 0 saturated carbocycles. The first-order valence-corrected chi connectivity index (χ1v) is 9.05. The molecule has 0 aromatic carbocycles. The number of carbonyl (C=O) groups is 1. The summed E-state index contributed by atoms with van der Waals surface area (Å²) < 4.78 is 2.41. The fraction of sp³-hybridized carbons (Fsp3) is 0.190. The predicted octanol–water partition coefficient (Wildman–Crippen LogP) is 2.65. The monoisotopic (exact) mass is 414 g/mol. The summed E-state index contributed by atoms with van der Waals surface area (Å²) in [5.74, 6) is -1.55. The number of rotatable bonds is 11. The molecule has 160 valence electrons. The van der Waals surface area contributed by atoms with E-state index in [1.807, 2.05) is 0 Å². The van der Waals surface area contributed by atoms with Gasteiger partial charge in [-0.2, -0.15) is 0 Å². The van der Waals surface area contributed by atoms with Crippen molar-refractivity contribution in [3.8, 4) is 23.5 Å². The first-order chi connectivity index (χ1) is 14.3. The van der Waals surface area contributed by atoms with Crippen molar-refractivity contribution in [3.63, 3.8) is 0 Å². The van der Waals surface area contributed by atoms with E-state index in [0.717, 1.165) is 6.08 Å². The van der Waals surface area contributed by atoms with E-state index in [4.69, 9.17) is 0 Å². The van der Waals surface area contributed by atoms with Crippen molar-refractivity contribution in [2.45, 2.75) is 13.1 Å². The predicted molar refractivity (Wildman–Crippen MR) is 116 cm³/mol. The zero-order valence-corrected chi connectivity index (χ0v) is 16.6. The van der Waals surface area contributed by atoms with Crippen molar-refractivity contribution in [2.24, 2.45) is 0 Å². The molecule has 1 amide bonds. The zero-order chi connectivity index (χ0) is 22.4. The van der Waals surface area contributed by atoms with Gasteiger partial charge in [-0.15, -0.1) is 19.7 Å². The van der Waals surface area contributed by atoms with Crippen LogP contribution in [-0.4, -0.2) is 48.7 Å². The third-order valence-electron chi connectivity index (χ3n) is 4.41. The Morgan fingerprint density at radius 1 is 0.867 bits per heavy atom. The molecular formula is C21H26N4O5. The molecule has 30 heavy (non-hydrogen) atoms. The van der Waals surface area contributed by atoms with Crippen LogP contribution in [0.4, 0.5) is 11.4 Å². The average Bonchev–Trinajstić information content (AvgIpc) is 3.16. The van der Waals surface area contributed by atoms with E-state index in [-0.39, 0.29) is 61.2 Å². The van der Waals surface area contributed by atoms with E-state index in [2.05, 4.69) is 26.3 Å². The van der Waals surface area contributed by atoms with E-state index >= 15 is 0 Å². The standard InChI is InChI=1S/C21H26N4O5/c1-5-9-22(15-12-18(27)23(10-6-2)20(15)29)14-25(17(26)8-4)16-13-19(28)24(11-7-3)21(16)30/h5-8,12-13,27-30H,1-4,9-11,14H2. The Bertz CT molecular complexity index is 973. The number of hydrogen-bond donors (Lipinski definition) is 4. The van der Waals surface area contributed by atoms with E-state index < -0.39 is 5.91 Å². The van der Waals surface area contributed by atoms with Crippen molar-refractivity contribution >= 4 is 17.3 Å². The number of carbonyl (C=O) groups excluding carboxylic acids is 1. The maximum atomic E-state index is 12.6. The van der Waals surface area contributed by atoms with Gasteiger partial charge >= 0.3 is 0 Å². The molecule has 2 rings (SSSR count). The summed E-state index contributed by atoms with van der Waals surface area (Å²) in [6.45, 7) is 14.7. The van der Waals surface area contributed by atoms with Crippen LogP contribution in [-0.2, 0) is 17.9 Å². The second-order valence-corrected chi connectivity index (χ2v) is 6.34. The summed E-state index contributed by atoms with van der Waals surface area (Å²) >= 11 is 0. The Kier molecular flexibility index (Phi) is 7.03. The SMILES string of the molecule is C=CCN(CN(C(=O)C=C)c1cc(O)n(CC=C)c1O)c1cc(O)n(CC=C)c1O. The van der Waals surface area contributed by atoms with Crippen LogP contribution < -0.4 is 9.80 Å². The number of aromatic nitrogens is 2. The van der Waals surface area contributed by atoms with Crippen LogP contribution in [0.1, 0.15) is 0 Å². The van der Waals surface area contributed by atoms with Crippen LogP contribution in [0.3, 0.4) is 0 Å². The Balaban J connectivity index is 2.51. The normalized spacial score (nSPS) is 10.4. The van der Waals surface area contributed by atoms with E-state index in [1.54, 1.807) is 11.0 Å². The smallest absolute Gasteiger partial charge is 0.252 e. The van der Waals surface area contributed by atoms with Gasteiger partial charge in [0.2, 0.25) is 11.8 Å². The second-order valence-electron chi connectivity index (χ2n) is 6.34. The fourth-order valence-corrected chi connectivity index (χ4v) is 3.01. The highest BCUT2D eigenvalue weighted by Gasteiger charge is 2.26. The van der Waals surface area contributed by atoms with Crippen molar-refractivity contribution in [3.05, 3.63) is 62.8 Å².